The minimum absolute atomic E-state index is 0.0873. The van der Waals surface area contributed by atoms with Crippen molar-refractivity contribution in [2.24, 2.45) is 0 Å². The molecule has 9 heteroatoms. The lowest BCUT2D eigenvalue weighted by Crippen LogP contribution is -2.48. The van der Waals surface area contributed by atoms with Crippen LogP contribution in [-0.2, 0) is 4.79 Å². The molecule has 0 atom stereocenters. The fraction of sp³-hybridized carbons (Fsp3) is 0.250. The monoisotopic (exact) mass is 606 g/mol. The van der Waals surface area contributed by atoms with Crippen LogP contribution in [0, 0.1) is 6.92 Å². The van der Waals surface area contributed by atoms with Crippen molar-refractivity contribution in [3.05, 3.63) is 108 Å². The van der Waals surface area contributed by atoms with E-state index in [0.717, 1.165) is 29.8 Å². The van der Waals surface area contributed by atoms with Crippen molar-refractivity contribution in [1.82, 2.24) is 9.80 Å². The van der Waals surface area contributed by atoms with Gasteiger partial charge in [-0.1, -0.05) is 60.2 Å². The van der Waals surface area contributed by atoms with Gasteiger partial charge in [-0.05, 0) is 61.5 Å². The number of carbonyl (C=O) groups is 3. The summed E-state index contributed by atoms with van der Waals surface area (Å²) in [5.74, 6) is 0.0857. The van der Waals surface area contributed by atoms with Gasteiger partial charge < -0.3 is 29.5 Å². The molecule has 1 fully saturated rings. The number of piperazine rings is 1. The van der Waals surface area contributed by atoms with Crippen LogP contribution in [0.15, 0.2) is 91.0 Å². The zero-order valence-corrected chi connectivity index (χ0v) is 26.1. The first-order valence-corrected chi connectivity index (χ1v) is 14.9. The van der Waals surface area contributed by atoms with Gasteiger partial charge >= 0.3 is 0 Å². The number of benzene rings is 4. The Bertz CT molecular complexity index is 1680. The zero-order valence-electron chi connectivity index (χ0n) is 26.1. The summed E-state index contributed by atoms with van der Waals surface area (Å²) in [6, 6.07) is 27.4. The third-order valence-electron chi connectivity index (χ3n) is 7.97. The molecule has 0 unspecified atom stereocenters. The van der Waals surface area contributed by atoms with Gasteiger partial charge in [0.2, 0.25) is 0 Å². The maximum absolute atomic E-state index is 13.6. The summed E-state index contributed by atoms with van der Waals surface area (Å²) in [6.45, 7) is 4.88. The molecule has 1 aliphatic heterocycles. The lowest BCUT2D eigenvalue weighted by Gasteiger charge is -2.32. The number of para-hydroxylation sites is 2. The summed E-state index contributed by atoms with van der Waals surface area (Å²) >= 11 is 0. The van der Waals surface area contributed by atoms with E-state index < -0.39 is 0 Å². The van der Waals surface area contributed by atoms with E-state index in [1.165, 1.54) is 12.0 Å². The Labute approximate surface area is 264 Å². The highest BCUT2D eigenvalue weighted by Crippen LogP contribution is 2.32. The predicted molar refractivity (Wildman–Crippen MR) is 176 cm³/mol. The van der Waals surface area contributed by atoms with Crippen molar-refractivity contribution < 1.29 is 23.9 Å². The normalized spacial score (nSPS) is 13.2. The SMILES string of the molecule is COc1cc(C(=O)N(C)c2ccccc2OCC(=O)N2CCN(C)CC2)ccc1NC(=O)c1ccccc1-c1ccc(C)cc1. The Hall–Kier alpha value is -5.15. The smallest absolute Gasteiger partial charge is 0.260 e. The molecule has 0 bridgehead atoms. The van der Waals surface area contributed by atoms with Crippen LogP contribution < -0.4 is 19.7 Å². The highest BCUT2D eigenvalue weighted by atomic mass is 16.5. The Morgan fingerprint density at radius 1 is 0.844 bits per heavy atom. The Morgan fingerprint density at radius 3 is 2.27 bits per heavy atom. The number of methoxy groups -OCH3 is 1. The van der Waals surface area contributed by atoms with Crippen molar-refractivity contribution in [3.8, 4) is 22.6 Å². The largest absolute Gasteiger partial charge is 0.495 e. The van der Waals surface area contributed by atoms with E-state index in [1.807, 2.05) is 62.5 Å². The molecule has 232 valence electrons. The Morgan fingerprint density at radius 2 is 1.53 bits per heavy atom. The zero-order chi connectivity index (χ0) is 31.9. The van der Waals surface area contributed by atoms with Gasteiger partial charge in [0.1, 0.15) is 11.5 Å². The lowest BCUT2D eigenvalue weighted by atomic mass is 9.98. The van der Waals surface area contributed by atoms with E-state index >= 15 is 0 Å². The second-order valence-corrected chi connectivity index (χ2v) is 11.1. The van der Waals surface area contributed by atoms with Gasteiger partial charge in [0.15, 0.2) is 6.61 Å². The topological polar surface area (TPSA) is 91.4 Å². The van der Waals surface area contributed by atoms with Crippen LogP contribution in [0.1, 0.15) is 26.3 Å². The molecule has 4 aromatic carbocycles. The van der Waals surface area contributed by atoms with E-state index in [1.54, 1.807) is 54.4 Å². The summed E-state index contributed by atoms with van der Waals surface area (Å²) < 4.78 is 11.5. The molecule has 1 heterocycles. The van der Waals surface area contributed by atoms with Gasteiger partial charge in [0.25, 0.3) is 17.7 Å². The minimum atomic E-state index is -0.308. The fourth-order valence-corrected chi connectivity index (χ4v) is 5.23. The molecule has 1 aliphatic rings. The molecule has 5 rings (SSSR count). The van der Waals surface area contributed by atoms with Crippen molar-refractivity contribution in [3.63, 3.8) is 0 Å². The average molecular weight is 607 g/mol. The van der Waals surface area contributed by atoms with E-state index in [4.69, 9.17) is 9.47 Å². The van der Waals surface area contributed by atoms with Crippen LogP contribution >= 0.6 is 0 Å². The fourth-order valence-electron chi connectivity index (χ4n) is 5.23. The summed E-state index contributed by atoms with van der Waals surface area (Å²) in [4.78, 5) is 45.2. The van der Waals surface area contributed by atoms with Gasteiger partial charge in [-0.2, -0.15) is 0 Å². The van der Waals surface area contributed by atoms with Crippen molar-refractivity contribution in [2.75, 3.05) is 64.2 Å². The van der Waals surface area contributed by atoms with Crippen molar-refractivity contribution in [2.45, 2.75) is 6.92 Å². The summed E-state index contributed by atoms with van der Waals surface area (Å²) in [6.07, 6.45) is 0. The maximum Gasteiger partial charge on any atom is 0.260 e. The summed E-state index contributed by atoms with van der Waals surface area (Å²) in [5, 5.41) is 2.94. The van der Waals surface area contributed by atoms with Crippen LogP contribution in [0.3, 0.4) is 0 Å². The molecular formula is C36H38N4O5. The first-order valence-electron chi connectivity index (χ1n) is 14.9. The molecule has 0 saturated carbocycles. The number of rotatable bonds is 9. The molecule has 1 saturated heterocycles. The first kappa shape index (κ1) is 31.3. The number of hydrogen-bond donors (Lipinski definition) is 1. The quantitative estimate of drug-likeness (QED) is 0.276. The molecule has 3 amide bonds. The molecule has 0 aliphatic carbocycles. The number of amides is 3. The number of nitrogens with zero attached hydrogens (tertiary/aromatic N) is 3. The highest BCUT2D eigenvalue weighted by Gasteiger charge is 2.23. The van der Waals surface area contributed by atoms with Crippen LogP contribution in [0.5, 0.6) is 11.5 Å². The van der Waals surface area contributed by atoms with Crippen molar-refractivity contribution in [1.29, 1.82) is 0 Å². The van der Waals surface area contributed by atoms with Gasteiger partial charge in [0, 0.05) is 44.4 Å². The first-order chi connectivity index (χ1) is 21.7. The lowest BCUT2D eigenvalue weighted by molar-refractivity contribution is -0.134. The van der Waals surface area contributed by atoms with E-state index in [0.29, 0.717) is 47.1 Å². The number of aryl methyl sites for hydroxylation is 1. The molecule has 4 aromatic rings. The molecule has 1 N–H and O–H groups in total. The van der Waals surface area contributed by atoms with Crippen molar-refractivity contribution >= 4 is 29.1 Å². The minimum Gasteiger partial charge on any atom is -0.495 e. The Kier molecular flexibility index (Phi) is 9.79. The number of hydrogen-bond acceptors (Lipinski definition) is 6. The standard InChI is InChI=1S/C36H38N4O5/c1-25-13-15-26(16-14-25)28-9-5-6-10-29(28)35(42)37-30-18-17-27(23-33(30)44-4)36(43)39(3)31-11-7-8-12-32(31)45-24-34(41)40-21-19-38(2)20-22-40/h5-18,23H,19-22,24H2,1-4H3,(H,37,42). The number of nitrogens with one attached hydrogen (secondary N) is 1. The molecule has 0 spiro atoms. The summed E-state index contributed by atoms with van der Waals surface area (Å²) in [7, 11) is 5.17. The van der Waals surface area contributed by atoms with Gasteiger partial charge in [-0.3, -0.25) is 14.4 Å². The number of ether oxygens (including phenoxy) is 2. The maximum atomic E-state index is 13.6. The summed E-state index contributed by atoms with van der Waals surface area (Å²) in [5.41, 5.74) is 4.73. The molecule has 0 radical (unpaired) electrons. The van der Waals surface area contributed by atoms with Crippen LogP contribution in [0.2, 0.25) is 0 Å². The average Bonchev–Trinajstić information content (AvgIpc) is 3.07. The van der Waals surface area contributed by atoms with E-state index in [2.05, 4.69) is 10.2 Å². The third-order valence-corrected chi connectivity index (χ3v) is 7.97. The van der Waals surface area contributed by atoms with E-state index in [-0.39, 0.29) is 24.3 Å². The Balaban J connectivity index is 1.30. The predicted octanol–water partition coefficient (Wildman–Crippen LogP) is 5.35. The number of carbonyl (C=O) groups excluding carboxylic acids is 3. The third kappa shape index (κ3) is 7.33. The number of likely N-dealkylation sites (N-methyl/N-ethyl adjacent to an activating group) is 1. The van der Waals surface area contributed by atoms with Crippen LogP contribution in [-0.4, -0.2) is 81.5 Å². The van der Waals surface area contributed by atoms with Gasteiger partial charge in [-0.25, -0.2) is 0 Å². The van der Waals surface area contributed by atoms with Crippen LogP contribution in [0.25, 0.3) is 11.1 Å². The second kappa shape index (κ2) is 14.1. The molecular weight excluding hydrogens is 568 g/mol. The molecule has 45 heavy (non-hydrogen) atoms. The number of anilines is 2. The molecule has 0 aromatic heterocycles. The van der Waals surface area contributed by atoms with Crippen LogP contribution in [0.4, 0.5) is 11.4 Å². The van der Waals surface area contributed by atoms with E-state index in [9.17, 15) is 14.4 Å². The molecule has 9 nitrogen and oxygen atoms in total. The van der Waals surface area contributed by atoms with Gasteiger partial charge in [-0.15, -0.1) is 0 Å². The van der Waals surface area contributed by atoms with Gasteiger partial charge in [0.05, 0.1) is 18.5 Å². The highest BCUT2D eigenvalue weighted by molar-refractivity contribution is 6.10. The second-order valence-electron chi connectivity index (χ2n) is 11.1.